The third kappa shape index (κ3) is 3.95. The van der Waals surface area contributed by atoms with Crippen LogP contribution in [0.2, 0.25) is 5.15 Å². The van der Waals surface area contributed by atoms with Crippen LogP contribution in [0.25, 0.3) is 0 Å². The quantitative estimate of drug-likeness (QED) is 0.821. The molecule has 1 amide bonds. The summed E-state index contributed by atoms with van der Waals surface area (Å²) in [6.45, 7) is 1.97. The van der Waals surface area contributed by atoms with Crippen molar-refractivity contribution in [3.05, 3.63) is 57.3 Å². The fraction of sp³-hybridized carbons (Fsp3) is 0.143. The maximum absolute atomic E-state index is 11.7. The lowest BCUT2D eigenvalue weighted by atomic mass is 10.2. The lowest BCUT2D eigenvalue weighted by Gasteiger charge is -2.10. The van der Waals surface area contributed by atoms with Crippen LogP contribution in [0.15, 0.2) is 40.9 Å². The lowest BCUT2D eigenvalue weighted by Crippen LogP contribution is -2.14. The SMILES string of the molecule is Cc1nc(Cl)c(Br)cc1NC(=O)OCc1ccccc1. The molecule has 0 fully saturated rings. The van der Waals surface area contributed by atoms with Crippen molar-refractivity contribution < 1.29 is 9.53 Å². The Morgan fingerprint density at radius 1 is 1.40 bits per heavy atom. The van der Waals surface area contributed by atoms with Crippen LogP contribution in [0, 0.1) is 6.92 Å². The third-order valence-corrected chi connectivity index (χ3v) is 3.69. The number of pyridine rings is 1. The van der Waals surface area contributed by atoms with Gasteiger partial charge in [0.1, 0.15) is 11.8 Å². The zero-order valence-corrected chi connectivity index (χ0v) is 13.0. The molecule has 0 radical (unpaired) electrons. The normalized spacial score (nSPS) is 10.2. The van der Waals surface area contributed by atoms with Crippen LogP contribution in [0.3, 0.4) is 0 Å². The maximum atomic E-state index is 11.7. The number of benzene rings is 1. The number of rotatable bonds is 3. The van der Waals surface area contributed by atoms with E-state index in [1.165, 1.54) is 0 Å². The van der Waals surface area contributed by atoms with E-state index in [1.54, 1.807) is 13.0 Å². The highest BCUT2D eigenvalue weighted by Gasteiger charge is 2.09. The van der Waals surface area contributed by atoms with Gasteiger partial charge in [-0.25, -0.2) is 9.78 Å². The van der Waals surface area contributed by atoms with Crippen molar-refractivity contribution in [2.75, 3.05) is 5.32 Å². The summed E-state index contributed by atoms with van der Waals surface area (Å²) in [5.74, 6) is 0. The Morgan fingerprint density at radius 2 is 2.10 bits per heavy atom. The van der Waals surface area contributed by atoms with Gasteiger partial charge in [-0.15, -0.1) is 0 Å². The van der Waals surface area contributed by atoms with Crippen molar-refractivity contribution >= 4 is 39.3 Å². The summed E-state index contributed by atoms with van der Waals surface area (Å²) in [6, 6.07) is 11.2. The van der Waals surface area contributed by atoms with Crippen molar-refractivity contribution in [1.29, 1.82) is 0 Å². The summed E-state index contributed by atoms with van der Waals surface area (Å²) in [7, 11) is 0. The number of carbonyl (C=O) groups is 1. The molecule has 6 heteroatoms. The first kappa shape index (κ1) is 14.8. The van der Waals surface area contributed by atoms with Crippen molar-refractivity contribution in [3.63, 3.8) is 0 Å². The van der Waals surface area contributed by atoms with Gasteiger partial charge in [-0.05, 0) is 34.5 Å². The van der Waals surface area contributed by atoms with Gasteiger partial charge in [-0.3, -0.25) is 5.32 Å². The number of amides is 1. The summed E-state index contributed by atoms with van der Waals surface area (Å²) in [5.41, 5.74) is 2.10. The van der Waals surface area contributed by atoms with Crippen LogP contribution in [0.4, 0.5) is 10.5 Å². The second kappa shape index (κ2) is 6.72. The van der Waals surface area contributed by atoms with E-state index in [1.807, 2.05) is 30.3 Å². The summed E-state index contributed by atoms with van der Waals surface area (Å²) in [4.78, 5) is 15.8. The molecule has 2 aromatic rings. The molecule has 0 aliphatic heterocycles. The minimum absolute atomic E-state index is 0.216. The molecule has 0 atom stereocenters. The zero-order valence-electron chi connectivity index (χ0n) is 10.7. The van der Waals surface area contributed by atoms with Gasteiger partial charge in [0.25, 0.3) is 0 Å². The summed E-state index contributed by atoms with van der Waals surface area (Å²) < 4.78 is 5.75. The fourth-order valence-corrected chi connectivity index (χ4v) is 2.05. The Kier molecular flexibility index (Phi) is 4.98. The lowest BCUT2D eigenvalue weighted by molar-refractivity contribution is 0.155. The number of nitrogens with zero attached hydrogens (tertiary/aromatic N) is 1. The summed E-state index contributed by atoms with van der Waals surface area (Å²) in [6.07, 6.45) is -0.534. The molecule has 0 spiro atoms. The molecule has 0 bridgehead atoms. The molecule has 104 valence electrons. The standard InChI is InChI=1S/C14H12BrClN2O2/c1-9-12(7-11(15)13(16)17-9)18-14(19)20-8-10-5-3-2-4-6-10/h2-7H,8H2,1H3,(H,18,19). The van der Waals surface area contributed by atoms with Crippen LogP contribution in [0.1, 0.15) is 11.3 Å². The molecule has 0 unspecified atom stereocenters. The molecule has 2 rings (SSSR count). The molecule has 0 saturated heterocycles. The van der Waals surface area contributed by atoms with Crippen molar-refractivity contribution in [2.24, 2.45) is 0 Å². The second-order valence-corrected chi connectivity index (χ2v) is 5.29. The Morgan fingerprint density at radius 3 is 2.80 bits per heavy atom. The highest BCUT2D eigenvalue weighted by molar-refractivity contribution is 9.10. The fourth-order valence-electron chi connectivity index (χ4n) is 1.55. The number of anilines is 1. The molecule has 20 heavy (non-hydrogen) atoms. The second-order valence-electron chi connectivity index (χ2n) is 4.08. The molecule has 0 aliphatic carbocycles. The van der Waals surface area contributed by atoms with E-state index >= 15 is 0 Å². The van der Waals surface area contributed by atoms with Crippen LogP contribution in [-0.2, 0) is 11.3 Å². The third-order valence-electron chi connectivity index (χ3n) is 2.57. The largest absolute Gasteiger partial charge is 0.444 e. The van der Waals surface area contributed by atoms with Crippen molar-refractivity contribution in [1.82, 2.24) is 4.98 Å². The average molecular weight is 356 g/mol. The number of aromatic nitrogens is 1. The van der Waals surface area contributed by atoms with Gasteiger partial charge >= 0.3 is 6.09 Å². The van der Waals surface area contributed by atoms with E-state index in [-0.39, 0.29) is 6.61 Å². The van der Waals surface area contributed by atoms with E-state index in [4.69, 9.17) is 16.3 Å². The predicted octanol–water partition coefficient (Wildman–Crippen LogP) is 4.55. The number of hydrogen-bond donors (Lipinski definition) is 1. The highest BCUT2D eigenvalue weighted by Crippen LogP contribution is 2.26. The molecule has 1 N–H and O–H groups in total. The molecule has 4 nitrogen and oxygen atoms in total. The first-order valence-corrected chi connectivity index (χ1v) is 7.03. The minimum Gasteiger partial charge on any atom is -0.444 e. The zero-order chi connectivity index (χ0) is 14.5. The van der Waals surface area contributed by atoms with Gasteiger partial charge < -0.3 is 4.74 Å². The molecule has 0 saturated carbocycles. The Balaban J connectivity index is 1.97. The smallest absolute Gasteiger partial charge is 0.412 e. The van der Waals surface area contributed by atoms with Crippen LogP contribution < -0.4 is 5.32 Å². The molecular formula is C14H12BrClN2O2. The van der Waals surface area contributed by atoms with Gasteiger partial charge in [0, 0.05) is 0 Å². The molecule has 1 heterocycles. The molecule has 0 aliphatic rings. The Hall–Kier alpha value is -1.59. The van der Waals surface area contributed by atoms with Gasteiger partial charge in [0.2, 0.25) is 0 Å². The van der Waals surface area contributed by atoms with Gasteiger partial charge in [0.05, 0.1) is 15.9 Å². The van der Waals surface area contributed by atoms with Crippen LogP contribution in [0.5, 0.6) is 0 Å². The van der Waals surface area contributed by atoms with Crippen molar-refractivity contribution in [2.45, 2.75) is 13.5 Å². The average Bonchev–Trinajstić information content (AvgIpc) is 2.44. The van der Waals surface area contributed by atoms with Crippen LogP contribution in [-0.4, -0.2) is 11.1 Å². The van der Waals surface area contributed by atoms with E-state index in [0.29, 0.717) is 21.0 Å². The Labute approximate surface area is 130 Å². The molecular weight excluding hydrogens is 344 g/mol. The number of carbonyl (C=O) groups excluding carboxylic acids is 1. The van der Waals surface area contributed by atoms with E-state index in [9.17, 15) is 4.79 Å². The number of nitrogens with one attached hydrogen (secondary N) is 1. The number of hydrogen-bond acceptors (Lipinski definition) is 3. The van der Waals surface area contributed by atoms with Crippen LogP contribution >= 0.6 is 27.5 Å². The van der Waals surface area contributed by atoms with Crippen molar-refractivity contribution in [3.8, 4) is 0 Å². The highest BCUT2D eigenvalue weighted by atomic mass is 79.9. The van der Waals surface area contributed by atoms with E-state index < -0.39 is 6.09 Å². The van der Waals surface area contributed by atoms with Gasteiger partial charge in [0.15, 0.2) is 0 Å². The van der Waals surface area contributed by atoms with E-state index in [2.05, 4.69) is 26.2 Å². The number of aryl methyl sites for hydroxylation is 1. The van der Waals surface area contributed by atoms with E-state index in [0.717, 1.165) is 5.56 Å². The Bertz CT molecular complexity index is 620. The van der Waals surface area contributed by atoms with Gasteiger partial charge in [-0.2, -0.15) is 0 Å². The van der Waals surface area contributed by atoms with Gasteiger partial charge in [-0.1, -0.05) is 41.9 Å². The monoisotopic (exact) mass is 354 g/mol. The topological polar surface area (TPSA) is 51.2 Å². The summed E-state index contributed by atoms with van der Waals surface area (Å²) >= 11 is 9.12. The maximum Gasteiger partial charge on any atom is 0.412 e. The first-order valence-electron chi connectivity index (χ1n) is 5.86. The minimum atomic E-state index is -0.534. The first-order chi connectivity index (χ1) is 9.56. The molecule has 1 aromatic carbocycles. The predicted molar refractivity (Wildman–Crippen MR) is 81.9 cm³/mol. The number of halogens is 2. The summed E-state index contributed by atoms with van der Waals surface area (Å²) in [5, 5.41) is 2.99. The molecule has 1 aromatic heterocycles. The number of ether oxygens (including phenoxy) is 1.